The van der Waals surface area contributed by atoms with Crippen molar-refractivity contribution in [1.82, 2.24) is 19.3 Å². The van der Waals surface area contributed by atoms with E-state index in [1.165, 1.54) is 11.2 Å². The van der Waals surface area contributed by atoms with Crippen LogP contribution in [0.4, 0.5) is 0 Å². The number of esters is 1. The molecular formula is C27H34N4O6S. The van der Waals surface area contributed by atoms with Crippen LogP contribution in [0.1, 0.15) is 31.7 Å². The number of rotatable bonds is 11. The minimum Gasteiger partial charge on any atom is -0.490 e. The van der Waals surface area contributed by atoms with Crippen molar-refractivity contribution in [2.75, 3.05) is 39.3 Å². The molecule has 0 saturated carbocycles. The molecule has 204 valence electrons. The second kappa shape index (κ2) is 12.5. The summed E-state index contributed by atoms with van der Waals surface area (Å²) in [6.45, 7) is 7.60. The maximum atomic E-state index is 13.1. The number of aromatic nitrogens is 2. The Morgan fingerprint density at radius 2 is 1.74 bits per heavy atom. The number of ether oxygens (including phenoxy) is 2. The summed E-state index contributed by atoms with van der Waals surface area (Å²) < 4.78 is 44.1. The first-order valence-electron chi connectivity index (χ1n) is 12.8. The van der Waals surface area contributed by atoms with Crippen LogP contribution in [0.3, 0.4) is 0 Å². The number of carbonyl (C=O) groups excluding carboxylic acids is 1. The lowest BCUT2D eigenvalue weighted by Gasteiger charge is -2.35. The van der Waals surface area contributed by atoms with Crippen LogP contribution in [0.15, 0.2) is 57.9 Å². The monoisotopic (exact) mass is 542 g/mol. The Balaban J connectivity index is 1.30. The number of hydrogen-bond acceptors (Lipinski definition) is 9. The molecule has 0 aliphatic carbocycles. The molecule has 0 amide bonds. The molecule has 2 heterocycles. The van der Waals surface area contributed by atoms with Gasteiger partial charge < -0.3 is 14.0 Å². The normalized spacial score (nSPS) is 15.8. The van der Waals surface area contributed by atoms with E-state index in [4.69, 9.17) is 14.0 Å². The van der Waals surface area contributed by atoms with Gasteiger partial charge in [-0.1, -0.05) is 30.6 Å². The standard InChI is InChI=1S/C27H34N4O6S/c1-4-5-22-6-12-26(13-7-22)38(33,34)31-16-14-30(15-17-31)18-25(36-21(3)32)19-35-24-10-8-23(9-11-24)27-28-20(2)37-29-27/h6-13,25H,4-5,14-19H2,1-3H3. The number of benzene rings is 2. The maximum absolute atomic E-state index is 13.1. The molecule has 1 aliphatic rings. The van der Waals surface area contributed by atoms with E-state index in [9.17, 15) is 13.2 Å². The van der Waals surface area contributed by atoms with Gasteiger partial charge in [0.15, 0.2) is 0 Å². The summed E-state index contributed by atoms with van der Waals surface area (Å²) in [5, 5.41) is 3.90. The Bertz CT molecular complexity index is 1300. The Hall–Kier alpha value is -3.28. The zero-order valence-electron chi connectivity index (χ0n) is 22.0. The molecule has 0 bridgehead atoms. The molecule has 0 N–H and O–H groups in total. The molecule has 10 nitrogen and oxygen atoms in total. The van der Waals surface area contributed by atoms with Gasteiger partial charge in [0.2, 0.25) is 21.7 Å². The van der Waals surface area contributed by atoms with Gasteiger partial charge in [0, 0.05) is 52.1 Å². The predicted octanol–water partition coefficient (Wildman–Crippen LogP) is 3.31. The lowest BCUT2D eigenvalue weighted by atomic mass is 10.1. The van der Waals surface area contributed by atoms with Crippen molar-refractivity contribution in [1.29, 1.82) is 0 Å². The van der Waals surface area contributed by atoms with Crippen molar-refractivity contribution in [2.45, 2.75) is 44.6 Å². The summed E-state index contributed by atoms with van der Waals surface area (Å²) in [4.78, 5) is 18.3. The van der Waals surface area contributed by atoms with Gasteiger partial charge in [0.25, 0.3) is 0 Å². The smallest absolute Gasteiger partial charge is 0.303 e. The van der Waals surface area contributed by atoms with Crippen LogP contribution in [-0.2, 0) is 26.0 Å². The summed E-state index contributed by atoms with van der Waals surface area (Å²) >= 11 is 0. The van der Waals surface area contributed by atoms with Crippen LogP contribution in [-0.4, -0.2) is 79.2 Å². The van der Waals surface area contributed by atoms with Crippen molar-refractivity contribution in [3.8, 4) is 17.1 Å². The second-order valence-corrected chi connectivity index (χ2v) is 11.2. The van der Waals surface area contributed by atoms with E-state index in [-0.39, 0.29) is 6.61 Å². The number of nitrogens with zero attached hydrogens (tertiary/aromatic N) is 4. The summed E-state index contributed by atoms with van der Waals surface area (Å²) in [5.41, 5.74) is 1.93. The zero-order chi connectivity index (χ0) is 27.1. The van der Waals surface area contributed by atoms with Crippen LogP contribution in [0.2, 0.25) is 0 Å². The fraction of sp³-hybridized carbons (Fsp3) is 0.444. The van der Waals surface area contributed by atoms with Gasteiger partial charge in [-0.25, -0.2) is 8.42 Å². The van der Waals surface area contributed by atoms with Crippen LogP contribution in [0.5, 0.6) is 5.75 Å². The highest BCUT2D eigenvalue weighted by atomic mass is 32.2. The number of hydrogen-bond donors (Lipinski definition) is 0. The Morgan fingerprint density at radius 1 is 1.05 bits per heavy atom. The summed E-state index contributed by atoms with van der Waals surface area (Å²) in [7, 11) is -3.55. The van der Waals surface area contributed by atoms with E-state index < -0.39 is 22.1 Å². The molecule has 0 radical (unpaired) electrons. The minimum atomic E-state index is -3.55. The average molecular weight is 543 g/mol. The van der Waals surface area contributed by atoms with Gasteiger partial charge in [-0.3, -0.25) is 9.69 Å². The van der Waals surface area contributed by atoms with Crippen molar-refractivity contribution < 1.29 is 27.2 Å². The molecule has 3 aromatic rings. The molecule has 1 aromatic heterocycles. The zero-order valence-corrected chi connectivity index (χ0v) is 22.8. The van der Waals surface area contributed by atoms with Gasteiger partial charge in [-0.15, -0.1) is 0 Å². The van der Waals surface area contributed by atoms with Gasteiger partial charge in [0.1, 0.15) is 18.5 Å². The van der Waals surface area contributed by atoms with Crippen molar-refractivity contribution in [3.05, 3.63) is 60.0 Å². The third-order valence-corrected chi connectivity index (χ3v) is 8.21. The number of piperazine rings is 1. The fourth-order valence-electron chi connectivity index (χ4n) is 4.37. The third kappa shape index (κ3) is 7.18. The van der Waals surface area contributed by atoms with Gasteiger partial charge in [0.05, 0.1) is 4.90 Å². The lowest BCUT2D eigenvalue weighted by Crippen LogP contribution is -2.51. The molecular weight excluding hydrogens is 508 g/mol. The topological polar surface area (TPSA) is 115 Å². The van der Waals surface area contributed by atoms with E-state index in [1.54, 1.807) is 31.2 Å². The highest BCUT2D eigenvalue weighted by molar-refractivity contribution is 7.89. The molecule has 11 heteroatoms. The molecule has 1 aliphatic heterocycles. The van der Waals surface area contributed by atoms with Crippen LogP contribution >= 0.6 is 0 Å². The van der Waals surface area contributed by atoms with Gasteiger partial charge >= 0.3 is 5.97 Å². The minimum absolute atomic E-state index is 0.170. The fourth-order valence-corrected chi connectivity index (χ4v) is 5.79. The number of aryl methyl sites for hydroxylation is 2. The highest BCUT2D eigenvalue weighted by Gasteiger charge is 2.30. The van der Waals surface area contributed by atoms with Crippen molar-refractivity contribution in [3.63, 3.8) is 0 Å². The largest absolute Gasteiger partial charge is 0.490 e. The summed E-state index contributed by atoms with van der Waals surface area (Å²) in [6.07, 6.45) is 1.44. The Morgan fingerprint density at radius 3 is 2.32 bits per heavy atom. The molecule has 0 spiro atoms. The molecule has 2 aromatic carbocycles. The van der Waals surface area contributed by atoms with Crippen LogP contribution in [0, 0.1) is 6.92 Å². The van der Waals surface area contributed by atoms with Crippen LogP contribution in [0.25, 0.3) is 11.4 Å². The van der Waals surface area contributed by atoms with E-state index in [1.807, 2.05) is 24.3 Å². The molecule has 38 heavy (non-hydrogen) atoms. The predicted molar refractivity (Wildman–Crippen MR) is 141 cm³/mol. The second-order valence-electron chi connectivity index (χ2n) is 9.30. The third-order valence-electron chi connectivity index (χ3n) is 6.30. The maximum Gasteiger partial charge on any atom is 0.303 e. The van der Waals surface area contributed by atoms with Gasteiger partial charge in [-0.05, 0) is 48.4 Å². The first-order valence-corrected chi connectivity index (χ1v) is 14.2. The molecule has 1 saturated heterocycles. The van der Waals surface area contributed by atoms with Gasteiger partial charge in [-0.2, -0.15) is 9.29 Å². The van der Waals surface area contributed by atoms with E-state index in [0.717, 1.165) is 24.0 Å². The number of carbonyl (C=O) groups is 1. The van der Waals surface area contributed by atoms with E-state index in [0.29, 0.717) is 55.1 Å². The van der Waals surface area contributed by atoms with Crippen molar-refractivity contribution in [2.24, 2.45) is 0 Å². The highest BCUT2D eigenvalue weighted by Crippen LogP contribution is 2.21. The van der Waals surface area contributed by atoms with Crippen molar-refractivity contribution >= 4 is 16.0 Å². The van der Waals surface area contributed by atoms with E-state index >= 15 is 0 Å². The summed E-state index contributed by atoms with van der Waals surface area (Å²) in [6, 6.07) is 14.4. The number of sulfonamides is 1. The molecule has 1 unspecified atom stereocenters. The first kappa shape index (κ1) is 27.7. The first-order chi connectivity index (χ1) is 18.2. The Labute approximate surface area is 223 Å². The van der Waals surface area contributed by atoms with Crippen LogP contribution < -0.4 is 4.74 Å². The SMILES string of the molecule is CCCc1ccc(S(=O)(=O)N2CCN(CC(COc3ccc(-c4noc(C)n4)cc3)OC(C)=O)CC2)cc1. The summed E-state index contributed by atoms with van der Waals surface area (Å²) in [5.74, 6) is 1.21. The molecule has 1 fully saturated rings. The lowest BCUT2D eigenvalue weighted by molar-refractivity contribution is -0.149. The quantitative estimate of drug-likeness (QED) is 0.337. The van der Waals surface area contributed by atoms with E-state index in [2.05, 4.69) is 22.0 Å². The Kier molecular flexibility index (Phi) is 9.13. The average Bonchev–Trinajstić information content (AvgIpc) is 3.34. The molecule has 4 rings (SSSR count). The molecule has 1 atom stereocenters.